The lowest BCUT2D eigenvalue weighted by Gasteiger charge is -2.24. The minimum Gasteiger partial charge on any atom is -0.488 e. The fraction of sp³-hybridized carbons (Fsp3) is 0.400. The number of aryl methyl sites for hydroxylation is 1. The van der Waals surface area contributed by atoms with Crippen molar-refractivity contribution in [3.63, 3.8) is 0 Å². The zero-order valence-corrected chi connectivity index (χ0v) is 21.3. The molecular formula is C25H27F3N4O4S. The summed E-state index contributed by atoms with van der Waals surface area (Å²) in [5.41, 5.74) is 2.98. The highest BCUT2D eigenvalue weighted by Crippen LogP contribution is 2.39. The number of halogens is 3. The van der Waals surface area contributed by atoms with Crippen molar-refractivity contribution >= 4 is 16.9 Å². The number of methoxy groups -OCH3 is 1. The second-order valence-corrected chi connectivity index (χ2v) is 9.76. The summed E-state index contributed by atoms with van der Waals surface area (Å²) >= 11 is 1.40. The van der Waals surface area contributed by atoms with Gasteiger partial charge in [0, 0.05) is 31.3 Å². The number of aromatic nitrogens is 3. The summed E-state index contributed by atoms with van der Waals surface area (Å²) in [6.45, 7) is 5.29. The van der Waals surface area contributed by atoms with Gasteiger partial charge in [-0.2, -0.15) is 13.2 Å². The summed E-state index contributed by atoms with van der Waals surface area (Å²) in [5.74, 6) is -1.88. The Bertz CT molecular complexity index is 1340. The van der Waals surface area contributed by atoms with E-state index in [0.717, 1.165) is 16.1 Å². The van der Waals surface area contributed by atoms with Crippen molar-refractivity contribution < 1.29 is 27.2 Å². The Kier molecular flexibility index (Phi) is 8.30. The summed E-state index contributed by atoms with van der Waals surface area (Å²) in [5, 5.41) is 7.62. The maximum absolute atomic E-state index is 13.3. The van der Waals surface area contributed by atoms with E-state index in [-0.39, 0.29) is 6.61 Å². The fourth-order valence-corrected chi connectivity index (χ4v) is 5.00. The third-order valence-electron chi connectivity index (χ3n) is 5.93. The van der Waals surface area contributed by atoms with Crippen LogP contribution in [-0.2, 0) is 17.9 Å². The van der Waals surface area contributed by atoms with Gasteiger partial charge >= 0.3 is 11.9 Å². The van der Waals surface area contributed by atoms with Crippen LogP contribution in [0.4, 0.5) is 13.2 Å². The molecule has 0 radical (unpaired) electrons. The minimum absolute atomic E-state index is 0.232. The molecule has 0 bridgehead atoms. The average molecular weight is 537 g/mol. The van der Waals surface area contributed by atoms with E-state index in [1.165, 1.54) is 23.5 Å². The first-order chi connectivity index (χ1) is 17.7. The number of H-pyrrole nitrogens is 1. The molecule has 198 valence electrons. The van der Waals surface area contributed by atoms with Gasteiger partial charge in [0.25, 0.3) is 0 Å². The molecule has 2 aromatic heterocycles. The van der Waals surface area contributed by atoms with Gasteiger partial charge in [-0.1, -0.05) is 30.3 Å². The van der Waals surface area contributed by atoms with Crippen molar-refractivity contribution in [1.82, 2.24) is 20.4 Å². The highest BCUT2D eigenvalue weighted by atomic mass is 32.1. The van der Waals surface area contributed by atoms with E-state index in [2.05, 4.69) is 20.0 Å². The molecule has 1 aliphatic carbocycles. The number of hydrogen-bond acceptors (Lipinski definition) is 8. The standard InChI is InChI=1S/C25H27F3N4O4S/c1-14-11-17(5-6-18(14)22-31-24(33)36-32-22)35-13-21-20(12-29-8-9-34-3)30-23(37-21)16-4-7-19(15(2)10-16)25(26,27)28/h4-7,10-11,15,19,29H,8-9,12-13H2,1-3H3,(H,31,32,33). The third-order valence-corrected chi connectivity index (χ3v) is 7.05. The molecule has 12 heteroatoms. The smallest absolute Gasteiger partial charge is 0.439 e. The van der Waals surface area contributed by atoms with Crippen LogP contribution in [0.3, 0.4) is 0 Å². The monoisotopic (exact) mass is 536 g/mol. The number of nitrogens with one attached hydrogen (secondary N) is 2. The Morgan fingerprint density at radius 3 is 2.76 bits per heavy atom. The molecule has 0 saturated heterocycles. The Morgan fingerprint density at radius 1 is 1.30 bits per heavy atom. The number of nitrogens with zero attached hydrogens (tertiary/aromatic N) is 2. The SMILES string of the molecule is COCCNCc1nc(C2=CC(C)C(C(F)(F)F)C=C2)sc1COc1ccc(-c2noc(=O)[nH]2)c(C)c1. The van der Waals surface area contributed by atoms with E-state index in [4.69, 9.17) is 14.5 Å². The molecule has 0 saturated carbocycles. The highest BCUT2D eigenvalue weighted by Gasteiger charge is 2.41. The van der Waals surface area contributed by atoms with Gasteiger partial charge in [0.05, 0.1) is 23.1 Å². The minimum atomic E-state index is -4.28. The fourth-order valence-electron chi connectivity index (χ4n) is 4.00. The topological polar surface area (TPSA) is 102 Å². The first-order valence-electron chi connectivity index (χ1n) is 11.6. The predicted octanol–water partition coefficient (Wildman–Crippen LogP) is 4.88. The normalized spacial score (nSPS) is 17.7. The Labute approximate surface area is 215 Å². The van der Waals surface area contributed by atoms with Crippen LogP contribution in [0.15, 0.2) is 45.7 Å². The van der Waals surface area contributed by atoms with Crippen LogP contribution in [0.25, 0.3) is 17.0 Å². The quantitative estimate of drug-likeness (QED) is 0.356. The van der Waals surface area contributed by atoms with Crippen LogP contribution < -0.4 is 15.8 Å². The van der Waals surface area contributed by atoms with Crippen molar-refractivity contribution in [2.75, 3.05) is 20.3 Å². The molecule has 1 aliphatic rings. The molecule has 0 spiro atoms. The molecule has 37 heavy (non-hydrogen) atoms. The summed E-state index contributed by atoms with van der Waals surface area (Å²) in [6.07, 6.45) is 0.0492. The lowest BCUT2D eigenvalue weighted by atomic mass is 9.87. The number of rotatable bonds is 10. The van der Waals surface area contributed by atoms with Gasteiger partial charge in [-0.25, -0.2) is 9.78 Å². The number of aromatic amines is 1. The van der Waals surface area contributed by atoms with Crippen LogP contribution in [0.2, 0.25) is 0 Å². The molecule has 2 atom stereocenters. The number of thiazole rings is 1. The Balaban J connectivity index is 1.52. The molecule has 0 fully saturated rings. The second kappa shape index (κ2) is 11.4. The van der Waals surface area contributed by atoms with Gasteiger partial charge in [0.15, 0.2) is 5.82 Å². The van der Waals surface area contributed by atoms with Gasteiger partial charge in [-0.3, -0.25) is 9.51 Å². The summed E-state index contributed by atoms with van der Waals surface area (Å²) in [6, 6.07) is 5.37. The molecule has 0 aliphatic heterocycles. The van der Waals surface area contributed by atoms with E-state index in [1.807, 2.05) is 13.0 Å². The number of allylic oxidation sites excluding steroid dienone is 4. The van der Waals surface area contributed by atoms with Crippen LogP contribution in [0, 0.1) is 18.8 Å². The van der Waals surface area contributed by atoms with Crippen molar-refractivity contribution in [3.8, 4) is 17.1 Å². The lowest BCUT2D eigenvalue weighted by Crippen LogP contribution is -2.27. The van der Waals surface area contributed by atoms with Gasteiger partial charge in [-0.15, -0.1) is 11.3 Å². The van der Waals surface area contributed by atoms with E-state index in [0.29, 0.717) is 47.4 Å². The van der Waals surface area contributed by atoms with Crippen molar-refractivity contribution in [2.24, 2.45) is 11.8 Å². The molecule has 2 N–H and O–H groups in total. The van der Waals surface area contributed by atoms with Crippen LogP contribution in [0.1, 0.15) is 28.1 Å². The van der Waals surface area contributed by atoms with Gasteiger partial charge in [0.2, 0.25) is 0 Å². The number of ether oxygens (including phenoxy) is 2. The van der Waals surface area contributed by atoms with Crippen LogP contribution in [-0.4, -0.2) is 41.6 Å². The van der Waals surface area contributed by atoms with E-state index in [9.17, 15) is 18.0 Å². The number of benzene rings is 1. The molecule has 8 nitrogen and oxygen atoms in total. The van der Waals surface area contributed by atoms with E-state index >= 15 is 0 Å². The lowest BCUT2D eigenvalue weighted by molar-refractivity contribution is -0.168. The van der Waals surface area contributed by atoms with Crippen LogP contribution >= 0.6 is 11.3 Å². The largest absolute Gasteiger partial charge is 0.488 e. The summed E-state index contributed by atoms with van der Waals surface area (Å²) in [7, 11) is 1.62. The highest BCUT2D eigenvalue weighted by molar-refractivity contribution is 7.12. The van der Waals surface area contributed by atoms with Gasteiger partial charge in [0.1, 0.15) is 17.4 Å². The van der Waals surface area contributed by atoms with E-state index in [1.54, 1.807) is 32.2 Å². The Morgan fingerprint density at radius 2 is 2.11 bits per heavy atom. The summed E-state index contributed by atoms with van der Waals surface area (Å²) < 4.78 is 55.4. The van der Waals surface area contributed by atoms with Crippen molar-refractivity contribution in [2.45, 2.75) is 33.2 Å². The molecule has 2 heterocycles. The molecule has 3 aromatic rings. The third kappa shape index (κ3) is 6.56. The van der Waals surface area contributed by atoms with Gasteiger partial charge in [-0.05, 0) is 36.6 Å². The molecule has 0 amide bonds. The number of hydrogen-bond donors (Lipinski definition) is 2. The average Bonchev–Trinajstić information content (AvgIpc) is 3.46. The molecular weight excluding hydrogens is 509 g/mol. The van der Waals surface area contributed by atoms with Crippen molar-refractivity contribution in [1.29, 1.82) is 0 Å². The maximum atomic E-state index is 13.3. The zero-order valence-electron chi connectivity index (χ0n) is 20.5. The Hall–Kier alpha value is -3.22. The predicted molar refractivity (Wildman–Crippen MR) is 133 cm³/mol. The molecule has 1 aromatic carbocycles. The first-order valence-corrected chi connectivity index (χ1v) is 12.4. The second-order valence-electron chi connectivity index (χ2n) is 8.68. The van der Waals surface area contributed by atoms with Gasteiger partial charge < -0.3 is 14.8 Å². The zero-order chi connectivity index (χ0) is 26.6. The van der Waals surface area contributed by atoms with Crippen LogP contribution in [0.5, 0.6) is 5.75 Å². The number of alkyl halides is 3. The first kappa shape index (κ1) is 26.8. The molecule has 2 unspecified atom stereocenters. The van der Waals surface area contributed by atoms with Crippen molar-refractivity contribution in [3.05, 3.63) is 68.1 Å². The maximum Gasteiger partial charge on any atom is 0.439 e. The molecule has 4 rings (SSSR count). The van der Waals surface area contributed by atoms with E-state index < -0.39 is 23.8 Å². The summed E-state index contributed by atoms with van der Waals surface area (Å²) in [4.78, 5) is 19.4.